The summed E-state index contributed by atoms with van der Waals surface area (Å²) < 4.78 is 25.8. The SMILES string of the molecule is CCOC(=O)C(CCCCCCSC1=C(C)S/C(=C2\SC(C)=C(SCCCCCCC(C(=O)OCC)C(=O)OCC)S2)S1)C(=O)OCC. The lowest BCUT2D eigenvalue weighted by Gasteiger charge is -2.14. The van der Waals surface area contributed by atoms with Crippen molar-refractivity contribution in [2.24, 2.45) is 11.8 Å². The first-order valence-corrected chi connectivity index (χ1v) is 22.2. The molecule has 2 aliphatic rings. The van der Waals surface area contributed by atoms with Crippen molar-refractivity contribution in [2.45, 2.75) is 106 Å². The molecule has 0 aromatic carbocycles. The highest BCUT2D eigenvalue weighted by Gasteiger charge is 2.30. The molecule has 0 aromatic heterocycles. The van der Waals surface area contributed by atoms with Gasteiger partial charge in [-0.25, -0.2) is 0 Å². The Kier molecular flexibility index (Phi) is 22.8. The minimum atomic E-state index is -0.817. The third-order valence-electron chi connectivity index (χ3n) is 7.13. The maximum Gasteiger partial charge on any atom is 0.320 e. The number of rotatable bonds is 24. The molecule has 2 heterocycles. The van der Waals surface area contributed by atoms with Gasteiger partial charge in [-0.3, -0.25) is 19.2 Å². The predicted molar refractivity (Wildman–Crippen MR) is 207 cm³/mol. The Balaban J connectivity index is 1.65. The molecule has 0 saturated heterocycles. The summed E-state index contributed by atoms with van der Waals surface area (Å²) in [6.45, 7) is 12.4. The molecule has 8 nitrogen and oxygen atoms in total. The molecular weight excluding hydrogens is 729 g/mol. The van der Waals surface area contributed by atoms with Gasteiger partial charge in [-0.1, -0.05) is 85.6 Å². The molecule has 2 aliphatic heterocycles. The van der Waals surface area contributed by atoms with Crippen LogP contribution in [-0.4, -0.2) is 61.8 Å². The van der Waals surface area contributed by atoms with E-state index in [-0.39, 0.29) is 26.4 Å². The predicted octanol–water partition coefficient (Wildman–Crippen LogP) is 10.3. The lowest BCUT2D eigenvalue weighted by atomic mass is 10.0. The molecule has 0 N–H and O–H groups in total. The fourth-order valence-electron chi connectivity index (χ4n) is 4.72. The molecule has 0 aliphatic carbocycles. The Morgan fingerprint density at radius 1 is 0.500 bits per heavy atom. The Labute approximate surface area is 313 Å². The number of hydrogen-bond acceptors (Lipinski definition) is 14. The second-order valence-corrected chi connectivity index (χ2v) is 18.6. The van der Waals surface area contributed by atoms with Crippen LogP contribution in [0.3, 0.4) is 0 Å². The van der Waals surface area contributed by atoms with Crippen LogP contribution in [-0.2, 0) is 38.1 Å². The first-order valence-electron chi connectivity index (χ1n) is 17.0. The van der Waals surface area contributed by atoms with E-state index in [4.69, 9.17) is 18.9 Å². The molecule has 0 spiro atoms. The van der Waals surface area contributed by atoms with Gasteiger partial charge in [0.1, 0.15) is 0 Å². The summed E-state index contributed by atoms with van der Waals surface area (Å²) >= 11 is 11.4. The molecule has 0 bridgehead atoms. The fourth-order valence-corrected chi connectivity index (χ4v) is 13.3. The third kappa shape index (κ3) is 15.6. The van der Waals surface area contributed by atoms with Crippen LogP contribution in [0, 0.1) is 11.8 Å². The van der Waals surface area contributed by atoms with Crippen molar-refractivity contribution in [3.8, 4) is 0 Å². The maximum absolute atomic E-state index is 12.2. The summed E-state index contributed by atoms with van der Waals surface area (Å²) in [5, 5.41) is 0. The normalized spacial score (nSPS) is 16.3. The van der Waals surface area contributed by atoms with Gasteiger partial charge in [-0.15, -0.1) is 23.5 Å². The Morgan fingerprint density at radius 3 is 1.12 bits per heavy atom. The monoisotopic (exact) mass is 780 g/mol. The Bertz CT molecular complexity index is 1040. The standard InChI is InChI=1S/C34H52O8S6/c1-7-39-27(35)25(28(36)40-8-2)19-15-11-13-17-21-43-31-23(5)45-33(47-31)34-46-24(6)32(48-34)44-22-18-14-12-16-20-26(29(37)41-9-3)30(38)42-10-4/h25-26H,7-22H2,1-6H3/b34-33-. The number of unbranched alkanes of at least 4 members (excludes halogenated alkanes) is 6. The van der Waals surface area contributed by atoms with Crippen molar-refractivity contribution in [1.82, 2.24) is 0 Å². The molecule has 0 unspecified atom stereocenters. The van der Waals surface area contributed by atoms with Crippen LogP contribution in [0.5, 0.6) is 0 Å². The zero-order chi connectivity index (χ0) is 35.3. The van der Waals surface area contributed by atoms with Crippen LogP contribution in [0.4, 0.5) is 0 Å². The first kappa shape index (κ1) is 43.4. The van der Waals surface area contributed by atoms with Crippen LogP contribution < -0.4 is 0 Å². The molecule has 0 saturated carbocycles. The first-order chi connectivity index (χ1) is 23.2. The maximum atomic E-state index is 12.2. The van der Waals surface area contributed by atoms with Gasteiger partial charge < -0.3 is 18.9 Å². The second kappa shape index (κ2) is 25.2. The third-order valence-corrected chi connectivity index (χ3v) is 16.1. The van der Waals surface area contributed by atoms with Gasteiger partial charge in [-0.05, 0) is 78.7 Å². The van der Waals surface area contributed by atoms with Gasteiger partial charge in [0.15, 0.2) is 11.8 Å². The van der Waals surface area contributed by atoms with Crippen molar-refractivity contribution in [2.75, 3.05) is 37.9 Å². The number of ether oxygens (including phenoxy) is 4. The van der Waals surface area contributed by atoms with Crippen molar-refractivity contribution in [3.63, 3.8) is 0 Å². The number of allylic oxidation sites excluding steroid dienone is 2. The molecule has 0 radical (unpaired) electrons. The van der Waals surface area contributed by atoms with E-state index in [9.17, 15) is 19.2 Å². The Morgan fingerprint density at radius 2 is 0.812 bits per heavy atom. The number of carbonyl (C=O) groups is 4. The lowest BCUT2D eigenvalue weighted by Crippen LogP contribution is -2.28. The molecule has 2 rings (SSSR count). The average molecular weight is 781 g/mol. The summed E-state index contributed by atoms with van der Waals surface area (Å²) in [6, 6.07) is 0. The minimum absolute atomic E-state index is 0.259. The van der Waals surface area contributed by atoms with E-state index in [0.717, 1.165) is 62.9 Å². The molecule has 0 aromatic rings. The smallest absolute Gasteiger partial charge is 0.320 e. The highest BCUT2D eigenvalue weighted by atomic mass is 32.2. The minimum Gasteiger partial charge on any atom is -0.465 e. The van der Waals surface area contributed by atoms with E-state index >= 15 is 0 Å². The van der Waals surface area contributed by atoms with Crippen molar-refractivity contribution < 1.29 is 38.1 Å². The molecule has 0 fully saturated rings. The van der Waals surface area contributed by atoms with Crippen LogP contribution >= 0.6 is 70.6 Å². The molecule has 272 valence electrons. The molecule has 48 heavy (non-hydrogen) atoms. The topological polar surface area (TPSA) is 105 Å². The molecule has 0 amide bonds. The van der Waals surface area contributed by atoms with Crippen LogP contribution in [0.25, 0.3) is 0 Å². The number of carbonyl (C=O) groups excluding carboxylic acids is 4. The van der Waals surface area contributed by atoms with Crippen LogP contribution in [0.2, 0.25) is 0 Å². The number of thioether (sulfide) groups is 6. The zero-order valence-corrected chi connectivity index (χ0v) is 34.1. The van der Waals surface area contributed by atoms with E-state index in [2.05, 4.69) is 13.8 Å². The highest BCUT2D eigenvalue weighted by molar-refractivity contribution is 8.40. The van der Waals surface area contributed by atoms with Crippen LogP contribution in [0.1, 0.15) is 106 Å². The van der Waals surface area contributed by atoms with Crippen molar-refractivity contribution >= 4 is 94.4 Å². The van der Waals surface area contributed by atoms with E-state index in [1.54, 1.807) is 27.7 Å². The van der Waals surface area contributed by atoms with Gasteiger partial charge in [-0.2, -0.15) is 0 Å². The largest absolute Gasteiger partial charge is 0.465 e. The molecule has 14 heteroatoms. The highest BCUT2D eigenvalue weighted by Crippen LogP contribution is 2.63. The van der Waals surface area contributed by atoms with E-state index in [1.807, 2.05) is 70.6 Å². The zero-order valence-electron chi connectivity index (χ0n) is 29.2. The van der Waals surface area contributed by atoms with E-state index < -0.39 is 35.7 Å². The molecule has 0 atom stereocenters. The van der Waals surface area contributed by atoms with Gasteiger partial charge in [0.05, 0.1) is 43.4 Å². The average Bonchev–Trinajstić information content (AvgIpc) is 3.61. The Hall–Kier alpha value is -0.800. The van der Waals surface area contributed by atoms with Gasteiger partial charge in [0.25, 0.3) is 0 Å². The quantitative estimate of drug-likeness (QED) is 0.0401. The van der Waals surface area contributed by atoms with Gasteiger partial charge >= 0.3 is 23.9 Å². The summed E-state index contributed by atoms with van der Waals surface area (Å²) in [7, 11) is 0. The fraction of sp³-hybridized carbons (Fsp3) is 0.706. The number of hydrogen-bond donors (Lipinski definition) is 0. The molecular formula is C34H52O8S6. The summed E-state index contributed by atoms with van der Waals surface area (Å²) in [5.41, 5.74) is 0. The number of esters is 4. The second-order valence-electron chi connectivity index (χ2n) is 10.9. The lowest BCUT2D eigenvalue weighted by molar-refractivity contribution is -0.163. The van der Waals surface area contributed by atoms with E-state index in [1.165, 1.54) is 26.8 Å². The van der Waals surface area contributed by atoms with E-state index in [0.29, 0.717) is 12.8 Å². The summed E-state index contributed by atoms with van der Waals surface area (Å²) in [4.78, 5) is 51.4. The van der Waals surface area contributed by atoms with Crippen molar-refractivity contribution in [1.29, 1.82) is 0 Å². The summed E-state index contributed by atoms with van der Waals surface area (Å²) in [6.07, 6.45) is 8.76. The van der Waals surface area contributed by atoms with Gasteiger partial charge in [0, 0.05) is 9.81 Å². The van der Waals surface area contributed by atoms with Crippen LogP contribution in [0.15, 0.2) is 26.8 Å². The summed E-state index contributed by atoms with van der Waals surface area (Å²) in [5.74, 6) is -1.45. The van der Waals surface area contributed by atoms with Gasteiger partial charge in [0.2, 0.25) is 0 Å². The van der Waals surface area contributed by atoms with Crippen molar-refractivity contribution in [3.05, 3.63) is 26.8 Å².